The van der Waals surface area contributed by atoms with Crippen LogP contribution in [0.2, 0.25) is 0 Å². The molecule has 1 aromatic heterocycles. The number of carbonyl (C=O) groups is 2. The third-order valence-electron chi connectivity index (χ3n) is 6.77. The van der Waals surface area contributed by atoms with Crippen molar-refractivity contribution in [2.24, 2.45) is 11.3 Å². The SMILES string of the molecule is O=C(NCC1CC1)c1nnc2n1CC[C@@]1(CC2)CCN(C(=O)c2ccccc2)C1. The second kappa shape index (κ2) is 7.28. The molecular weight excluding hydrogens is 366 g/mol. The Morgan fingerprint density at radius 3 is 2.66 bits per heavy atom. The predicted octanol–water partition coefficient (Wildman–Crippen LogP) is 2.29. The van der Waals surface area contributed by atoms with Crippen molar-refractivity contribution in [2.45, 2.75) is 45.1 Å². The molecule has 7 heteroatoms. The fourth-order valence-electron chi connectivity index (χ4n) is 4.69. The van der Waals surface area contributed by atoms with E-state index in [1.54, 1.807) is 0 Å². The first-order chi connectivity index (χ1) is 14.1. The Balaban J connectivity index is 1.26. The van der Waals surface area contributed by atoms with E-state index in [-0.39, 0.29) is 17.2 Å². The first-order valence-corrected chi connectivity index (χ1v) is 10.7. The molecule has 2 amide bonds. The monoisotopic (exact) mass is 393 g/mol. The topological polar surface area (TPSA) is 80.1 Å². The van der Waals surface area contributed by atoms with Crippen LogP contribution >= 0.6 is 0 Å². The maximum absolute atomic E-state index is 12.8. The molecule has 3 aliphatic rings. The number of hydrogen-bond donors (Lipinski definition) is 1. The van der Waals surface area contributed by atoms with E-state index in [2.05, 4.69) is 15.5 Å². The fourth-order valence-corrected chi connectivity index (χ4v) is 4.69. The van der Waals surface area contributed by atoms with E-state index in [1.807, 2.05) is 39.8 Å². The lowest BCUT2D eigenvalue weighted by molar-refractivity contribution is 0.0767. The van der Waals surface area contributed by atoms with Crippen LogP contribution in [0.5, 0.6) is 0 Å². The lowest BCUT2D eigenvalue weighted by Crippen LogP contribution is -2.32. The number of fused-ring (bicyclic) bond motifs is 1. The summed E-state index contributed by atoms with van der Waals surface area (Å²) in [6.07, 6.45) is 6.15. The number of hydrogen-bond acceptors (Lipinski definition) is 4. The van der Waals surface area contributed by atoms with Gasteiger partial charge in [0.2, 0.25) is 5.82 Å². The molecule has 1 saturated carbocycles. The van der Waals surface area contributed by atoms with Crippen molar-refractivity contribution < 1.29 is 9.59 Å². The molecule has 0 radical (unpaired) electrons. The van der Waals surface area contributed by atoms with Gasteiger partial charge < -0.3 is 14.8 Å². The Labute approximate surface area is 170 Å². The molecule has 0 unspecified atom stereocenters. The van der Waals surface area contributed by atoms with Crippen LogP contribution in [-0.4, -0.2) is 51.1 Å². The molecule has 2 fully saturated rings. The maximum Gasteiger partial charge on any atom is 0.289 e. The maximum atomic E-state index is 12.8. The number of nitrogens with one attached hydrogen (secondary N) is 1. The molecule has 152 valence electrons. The number of nitrogens with zero attached hydrogens (tertiary/aromatic N) is 4. The summed E-state index contributed by atoms with van der Waals surface area (Å²) in [7, 11) is 0. The van der Waals surface area contributed by atoms with E-state index in [4.69, 9.17) is 0 Å². The van der Waals surface area contributed by atoms with Crippen molar-refractivity contribution in [1.82, 2.24) is 25.0 Å². The van der Waals surface area contributed by atoms with Gasteiger partial charge in [-0.15, -0.1) is 10.2 Å². The first-order valence-electron chi connectivity index (χ1n) is 10.7. The average Bonchev–Trinajstić information content (AvgIpc) is 3.39. The average molecular weight is 393 g/mol. The van der Waals surface area contributed by atoms with Crippen molar-refractivity contribution in [3.63, 3.8) is 0 Å². The molecule has 1 spiro atoms. The largest absolute Gasteiger partial charge is 0.349 e. The Hall–Kier alpha value is -2.70. The van der Waals surface area contributed by atoms with Crippen LogP contribution in [0.15, 0.2) is 30.3 Å². The Bertz CT molecular complexity index is 921. The quantitative estimate of drug-likeness (QED) is 0.864. The van der Waals surface area contributed by atoms with Gasteiger partial charge in [-0.3, -0.25) is 9.59 Å². The van der Waals surface area contributed by atoms with Crippen LogP contribution in [0, 0.1) is 11.3 Å². The van der Waals surface area contributed by atoms with Crippen LogP contribution < -0.4 is 5.32 Å². The fraction of sp³-hybridized carbons (Fsp3) is 0.545. The Kier molecular flexibility index (Phi) is 4.60. The number of aryl methyl sites for hydroxylation is 1. The molecule has 0 bridgehead atoms. The van der Waals surface area contributed by atoms with E-state index < -0.39 is 0 Å². The molecule has 2 aromatic rings. The van der Waals surface area contributed by atoms with Crippen LogP contribution in [0.4, 0.5) is 0 Å². The van der Waals surface area contributed by atoms with Crippen molar-refractivity contribution in [3.8, 4) is 0 Å². The van der Waals surface area contributed by atoms with Gasteiger partial charge >= 0.3 is 0 Å². The van der Waals surface area contributed by atoms with Gasteiger partial charge in [0.05, 0.1) is 0 Å². The van der Waals surface area contributed by atoms with Gasteiger partial charge in [-0.25, -0.2) is 0 Å². The Morgan fingerprint density at radius 2 is 1.86 bits per heavy atom. The second-order valence-electron chi connectivity index (χ2n) is 8.84. The third kappa shape index (κ3) is 3.66. The zero-order chi connectivity index (χ0) is 19.8. The van der Waals surface area contributed by atoms with Gasteiger partial charge in [0.15, 0.2) is 0 Å². The minimum atomic E-state index is -0.112. The lowest BCUT2D eigenvalue weighted by Gasteiger charge is -2.27. The van der Waals surface area contributed by atoms with Gasteiger partial charge in [0, 0.05) is 38.2 Å². The summed E-state index contributed by atoms with van der Waals surface area (Å²) in [4.78, 5) is 27.4. The summed E-state index contributed by atoms with van der Waals surface area (Å²) < 4.78 is 2.00. The highest BCUT2D eigenvalue weighted by molar-refractivity contribution is 5.94. The van der Waals surface area contributed by atoms with Gasteiger partial charge in [-0.2, -0.15) is 0 Å². The van der Waals surface area contributed by atoms with Crippen molar-refractivity contribution in [2.75, 3.05) is 19.6 Å². The van der Waals surface area contributed by atoms with Gasteiger partial charge in [0.25, 0.3) is 11.8 Å². The summed E-state index contributed by atoms with van der Waals surface area (Å²) >= 11 is 0. The van der Waals surface area contributed by atoms with Gasteiger partial charge in [-0.05, 0) is 55.6 Å². The number of carbonyl (C=O) groups excluding carboxylic acids is 2. The molecule has 5 rings (SSSR count). The highest BCUT2D eigenvalue weighted by Crippen LogP contribution is 2.41. The highest BCUT2D eigenvalue weighted by atomic mass is 16.2. The normalized spacial score (nSPS) is 23.7. The minimum Gasteiger partial charge on any atom is -0.349 e. The smallest absolute Gasteiger partial charge is 0.289 e. The van der Waals surface area contributed by atoms with E-state index >= 15 is 0 Å². The zero-order valence-electron chi connectivity index (χ0n) is 16.6. The Morgan fingerprint density at radius 1 is 1.07 bits per heavy atom. The first kappa shape index (κ1) is 18.3. The number of amides is 2. The summed E-state index contributed by atoms with van der Waals surface area (Å²) in [5, 5.41) is 11.5. The number of aromatic nitrogens is 3. The number of rotatable bonds is 4. The van der Waals surface area contributed by atoms with E-state index in [0.717, 1.165) is 63.3 Å². The molecule has 1 aromatic carbocycles. The summed E-state index contributed by atoms with van der Waals surface area (Å²) in [5.74, 6) is 1.98. The second-order valence-corrected chi connectivity index (χ2v) is 8.84. The van der Waals surface area contributed by atoms with Gasteiger partial charge in [-0.1, -0.05) is 18.2 Å². The van der Waals surface area contributed by atoms with Crippen LogP contribution in [0.1, 0.15) is 58.9 Å². The molecular formula is C22H27N5O2. The minimum absolute atomic E-state index is 0.104. The lowest BCUT2D eigenvalue weighted by atomic mass is 9.80. The number of likely N-dealkylation sites (tertiary alicyclic amines) is 1. The third-order valence-corrected chi connectivity index (χ3v) is 6.77. The van der Waals surface area contributed by atoms with E-state index in [1.165, 1.54) is 12.8 Å². The van der Waals surface area contributed by atoms with Gasteiger partial charge in [0.1, 0.15) is 5.82 Å². The molecule has 1 aliphatic carbocycles. The molecule has 1 atom stereocenters. The summed E-state index contributed by atoms with van der Waals surface area (Å²) in [6, 6.07) is 9.52. The highest BCUT2D eigenvalue weighted by Gasteiger charge is 2.41. The molecule has 1 N–H and O–H groups in total. The predicted molar refractivity (Wildman–Crippen MR) is 107 cm³/mol. The van der Waals surface area contributed by atoms with Crippen LogP contribution in [-0.2, 0) is 13.0 Å². The van der Waals surface area contributed by atoms with Crippen molar-refractivity contribution in [1.29, 1.82) is 0 Å². The van der Waals surface area contributed by atoms with E-state index in [0.29, 0.717) is 11.7 Å². The zero-order valence-corrected chi connectivity index (χ0v) is 16.6. The van der Waals surface area contributed by atoms with E-state index in [9.17, 15) is 9.59 Å². The van der Waals surface area contributed by atoms with Crippen molar-refractivity contribution >= 4 is 11.8 Å². The standard InChI is InChI=1S/C22H27N5O2/c28-20(23-14-16-6-7-16)19-25-24-18-8-9-22(11-13-27(18)19)10-12-26(15-22)21(29)17-4-2-1-3-5-17/h1-5,16H,6-15H2,(H,23,28)/t22-/m1/s1. The molecule has 7 nitrogen and oxygen atoms in total. The summed E-state index contributed by atoms with van der Waals surface area (Å²) in [6.45, 7) is 3.05. The summed E-state index contributed by atoms with van der Waals surface area (Å²) in [5.41, 5.74) is 0.859. The molecule has 3 heterocycles. The van der Waals surface area contributed by atoms with Crippen LogP contribution in [0.25, 0.3) is 0 Å². The molecule has 2 aliphatic heterocycles. The molecule has 29 heavy (non-hydrogen) atoms. The van der Waals surface area contributed by atoms with Crippen LogP contribution in [0.3, 0.4) is 0 Å². The van der Waals surface area contributed by atoms with Crippen molar-refractivity contribution in [3.05, 3.63) is 47.5 Å². The number of benzene rings is 1. The molecule has 1 saturated heterocycles.